The molecule has 0 radical (unpaired) electrons. The van der Waals surface area contributed by atoms with Crippen LogP contribution in [0.4, 0.5) is 13.2 Å². The van der Waals surface area contributed by atoms with Crippen molar-refractivity contribution in [2.24, 2.45) is 23.7 Å². The summed E-state index contributed by atoms with van der Waals surface area (Å²) in [5.41, 5.74) is -2.42. The Morgan fingerprint density at radius 3 is 2.12 bits per heavy atom. The van der Waals surface area contributed by atoms with Crippen molar-refractivity contribution in [1.82, 2.24) is 0 Å². The van der Waals surface area contributed by atoms with Crippen molar-refractivity contribution >= 4 is 0 Å². The van der Waals surface area contributed by atoms with Crippen LogP contribution in [0.3, 0.4) is 0 Å². The van der Waals surface area contributed by atoms with Crippen LogP contribution in [-0.2, 0) is 0 Å². The third kappa shape index (κ3) is 3.46. The number of hydrogen-bond donors (Lipinski definition) is 0. The fourth-order valence-corrected chi connectivity index (χ4v) is 5.42. The molecule has 3 aliphatic rings. The number of allylic oxidation sites excluding steroid dienone is 4. The van der Waals surface area contributed by atoms with Gasteiger partial charge < -0.3 is 0 Å². The Balaban J connectivity index is 1.53. The molecule has 3 heteroatoms. The Kier molecular flexibility index (Phi) is 5.77. The Labute approximate surface area is 144 Å². The molecule has 136 valence electrons. The lowest BCUT2D eigenvalue weighted by Crippen LogP contribution is -2.45. The number of hydrogen-bond acceptors (Lipinski definition) is 0. The summed E-state index contributed by atoms with van der Waals surface area (Å²) in [5.74, 6) is 0.860. The van der Waals surface area contributed by atoms with Crippen LogP contribution in [0.25, 0.3) is 0 Å². The van der Waals surface area contributed by atoms with Crippen molar-refractivity contribution < 1.29 is 13.2 Å². The average molecular weight is 340 g/mol. The molecule has 2 saturated carbocycles. The monoisotopic (exact) mass is 340 g/mol. The van der Waals surface area contributed by atoms with E-state index in [1.54, 1.807) is 0 Å². The summed E-state index contributed by atoms with van der Waals surface area (Å²) in [4.78, 5) is 0. The topological polar surface area (TPSA) is 0 Å². The van der Waals surface area contributed by atoms with Crippen molar-refractivity contribution in [3.8, 4) is 0 Å². The molecule has 0 aliphatic heterocycles. The van der Waals surface area contributed by atoms with Crippen LogP contribution >= 0.6 is 0 Å². The molecule has 0 saturated heterocycles. The van der Waals surface area contributed by atoms with Crippen molar-refractivity contribution in [2.75, 3.05) is 0 Å². The normalized spacial score (nSPS) is 43.5. The highest BCUT2D eigenvalue weighted by molar-refractivity contribution is 5.29. The molecule has 0 aromatic carbocycles. The first-order chi connectivity index (χ1) is 11.6. The van der Waals surface area contributed by atoms with Crippen molar-refractivity contribution in [2.45, 2.75) is 83.0 Å². The minimum absolute atomic E-state index is 0.513. The Hall–Kier alpha value is -0.730. The second-order valence-corrected chi connectivity index (χ2v) is 8.25. The number of halogens is 3. The second kappa shape index (κ2) is 7.66. The first-order valence-electron chi connectivity index (χ1n) is 9.93. The lowest BCUT2D eigenvalue weighted by atomic mass is 9.65. The average Bonchev–Trinajstić information content (AvgIpc) is 2.61. The maximum atomic E-state index is 15.1. The first kappa shape index (κ1) is 18.1. The molecule has 0 heterocycles. The molecule has 0 aromatic rings. The van der Waals surface area contributed by atoms with Crippen molar-refractivity contribution in [3.05, 3.63) is 24.1 Å². The third-order valence-corrected chi connectivity index (χ3v) is 6.91. The van der Waals surface area contributed by atoms with Crippen LogP contribution in [0, 0.1) is 23.7 Å². The smallest absolute Gasteiger partial charge is 0.199 e. The molecule has 2 atom stereocenters. The molecular weight excluding hydrogens is 309 g/mol. The van der Waals surface area contributed by atoms with Gasteiger partial charge in [0.15, 0.2) is 11.8 Å². The lowest BCUT2D eigenvalue weighted by molar-refractivity contribution is -0.00256. The summed E-state index contributed by atoms with van der Waals surface area (Å²) < 4.78 is 43.2. The molecule has 2 fully saturated rings. The zero-order valence-corrected chi connectivity index (χ0v) is 14.8. The third-order valence-electron chi connectivity index (χ3n) is 6.91. The molecule has 0 amide bonds. The largest absolute Gasteiger partial charge is 0.239 e. The zero-order chi connectivity index (χ0) is 17.2. The number of rotatable bonds is 4. The summed E-state index contributed by atoms with van der Waals surface area (Å²) in [6.07, 6.45) is 12.7. The van der Waals surface area contributed by atoms with Crippen molar-refractivity contribution in [1.29, 1.82) is 0 Å². The Bertz CT molecular complexity index is 467. The van der Waals surface area contributed by atoms with Gasteiger partial charge in [-0.1, -0.05) is 38.7 Å². The fraction of sp³-hybridized carbons (Fsp3) is 0.810. The molecule has 3 rings (SSSR count). The molecular formula is C21H31F3. The molecule has 0 bridgehead atoms. The van der Waals surface area contributed by atoms with E-state index in [9.17, 15) is 8.78 Å². The molecule has 2 unspecified atom stereocenters. The van der Waals surface area contributed by atoms with Gasteiger partial charge in [-0.05, 0) is 68.4 Å². The van der Waals surface area contributed by atoms with Gasteiger partial charge in [-0.2, -0.15) is 0 Å². The van der Waals surface area contributed by atoms with Gasteiger partial charge >= 0.3 is 0 Å². The lowest BCUT2D eigenvalue weighted by Gasteiger charge is -2.42. The van der Waals surface area contributed by atoms with Crippen LogP contribution in [0.2, 0.25) is 0 Å². The van der Waals surface area contributed by atoms with Gasteiger partial charge in [-0.15, -0.1) is 0 Å². The van der Waals surface area contributed by atoms with Gasteiger partial charge in [-0.25, -0.2) is 13.2 Å². The minimum atomic E-state index is -2.42. The van der Waals surface area contributed by atoms with Crippen LogP contribution in [0.15, 0.2) is 24.1 Å². The van der Waals surface area contributed by atoms with E-state index in [0.29, 0.717) is 18.8 Å². The van der Waals surface area contributed by atoms with Crippen LogP contribution in [0.5, 0.6) is 0 Å². The highest BCUT2D eigenvalue weighted by Gasteiger charge is 2.51. The van der Waals surface area contributed by atoms with Crippen LogP contribution in [-0.4, -0.2) is 11.8 Å². The van der Waals surface area contributed by atoms with E-state index in [1.807, 2.05) is 0 Å². The SMILES string of the molecule is CCCC1CCC(C2CCC(C3(F)C(F)=CC=CC3F)CC2)CC1. The maximum absolute atomic E-state index is 15.1. The minimum Gasteiger partial charge on any atom is -0.239 e. The Morgan fingerprint density at radius 1 is 1.00 bits per heavy atom. The van der Waals surface area contributed by atoms with Gasteiger partial charge in [0.2, 0.25) is 0 Å². The summed E-state index contributed by atoms with van der Waals surface area (Å²) in [5, 5.41) is 0. The first-order valence-corrected chi connectivity index (χ1v) is 9.93. The molecule has 0 spiro atoms. The Morgan fingerprint density at radius 2 is 1.58 bits per heavy atom. The summed E-state index contributed by atoms with van der Waals surface area (Å²) in [6.45, 7) is 2.26. The predicted molar refractivity (Wildman–Crippen MR) is 92.9 cm³/mol. The maximum Gasteiger partial charge on any atom is 0.199 e. The molecule has 0 N–H and O–H groups in total. The molecule has 0 nitrogen and oxygen atoms in total. The predicted octanol–water partition coefficient (Wildman–Crippen LogP) is 6.87. The van der Waals surface area contributed by atoms with Gasteiger partial charge in [0.1, 0.15) is 5.83 Å². The molecule has 0 aromatic heterocycles. The van der Waals surface area contributed by atoms with E-state index in [1.165, 1.54) is 44.6 Å². The fourth-order valence-electron chi connectivity index (χ4n) is 5.42. The number of alkyl halides is 2. The van der Waals surface area contributed by atoms with Crippen LogP contribution < -0.4 is 0 Å². The van der Waals surface area contributed by atoms with E-state index in [0.717, 1.165) is 36.8 Å². The van der Waals surface area contributed by atoms with Gasteiger partial charge in [-0.3, -0.25) is 0 Å². The highest BCUT2D eigenvalue weighted by Crippen LogP contribution is 2.49. The van der Waals surface area contributed by atoms with Crippen molar-refractivity contribution in [3.63, 3.8) is 0 Å². The standard InChI is InChI=1S/C21H31F3/c1-2-4-15-7-9-16(10-8-15)17-11-13-18(14-12-17)21(24)19(22)5-3-6-20(21)23/h3,5-6,15-19H,2,4,7-14H2,1H3. The van der Waals surface area contributed by atoms with E-state index in [4.69, 9.17) is 0 Å². The van der Waals surface area contributed by atoms with E-state index < -0.39 is 23.6 Å². The summed E-state index contributed by atoms with van der Waals surface area (Å²) >= 11 is 0. The quantitative estimate of drug-likeness (QED) is 0.524. The van der Waals surface area contributed by atoms with Gasteiger partial charge in [0.05, 0.1) is 0 Å². The van der Waals surface area contributed by atoms with E-state index in [2.05, 4.69) is 6.92 Å². The molecule has 3 aliphatic carbocycles. The van der Waals surface area contributed by atoms with Gasteiger partial charge in [0, 0.05) is 5.92 Å². The summed E-state index contributed by atoms with van der Waals surface area (Å²) in [7, 11) is 0. The van der Waals surface area contributed by atoms with Crippen LogP contribution in [0.1, 0.15) is 71.1 Å². The highest BCUT2D eigenvalue weighted by atomic mass is 19.2. The summed E-state index contributed by atoms with van der Waals surface area (Å²) in [6, 6.07) is 0. The van der Waals surface area contributed by atoms with E-state index >= 15 is 4.39 Å². The van der Waals surface area contributed by atoms with E-state index in [-0.39, 0.29) is 0 Å². The van der Waals surface area contributed by atoms with Gasteiger partial charge in [0.25, 0.3) is 0 Å². The molecule has 24 heavy (non-hydrogen) atoms. The second-order valence-electron chi connectivity index (χ2n) is 8.25. The zero-order valence-electron chi connectivity index (χ0n) is 14.8.